The molecule has 0 aliphatic rings. The summed E-state index contributed by atoms with van der Waals surface area (Å²) in [6, 6.07) is 1.57. The van der Waals surface area contributed by atoms with Gasteiger partial charge in [0.25, 0.3) is 5.91 Å². The van der Waals surface area contributed by atoms with E-state index in [1.165, 1.54) is 23.1 Å². The number of nitrogens with zero attached hydrogens (tertiary/aromatic N) is 3. The number of hydrogen-bond acceptors (Lipinski definition) is 4. The smallest absolute Gasteiger partial charge is 0.259 e. The second-order valence-electron chi connectivity index (χ2n) is 4.27. The summed E-state index contributed by atoms with van der Waals surface area (Å²) in [6.07, 6.45) is 5.86. The van der Waals surface area contributed by atoms with Gasteiger partial charge >= 0.3 is 0 Å². The number of amides is 1. The van der Waals surface area contributed by atoms with Crippen LogP contribution in [0, 0.1) is 11.6 Å². The van der Waals surface area contributed by atoms with Gasteiger partial charge in [0.15, 0.2) is 5.82 Å². The lowest BCUT2D eigenvalue weighted by atomic mass is 10.2. The van der Waals surface area contributed by atoms with Gasteiger partial charge in [0.1, 0.15) is 11.5 Å². The van der Waals surface area contributed by atoms with Crippen LogP contribution in [0.25, 0.3) is 5.52 Å². The van der Waals surface area contributed by atoms with Crippen LogP contribution in [-0.2, 0) is 0 Å². The fourth-order valence-corrected chi connectivity index (χ4v) is 1.92. The Kier molecular flexibility index (Phi) is 2.98. The average Bonchev–Trinajstić information content (AvgIpc) is 2.86. The van der Waals surface area contributed by atoms with Crippen LogP contribution in [0.5, 0.6) is 0 Å². The first kappa shape index (κ1) is 13.0. The van der Waals surface area contributed by atoms with E-state index in [2.05, 4.69) is 15.4 Å². The molecule has 0 saturated carbocycles. The third-order valence-electron chi connectivity index (χ3n) is 2.89. The van der Waals surface area contributed by atoms with Gasteiger partial charge in [-0.05, 0) is 6.07 Å². The maximum Gasteiger partial charge on any atom is 0.259 e. The van der Waals surface area contributed by atoms with Crippen molar-refractivity contribution in [2.75, 3.05) is 11.1 Å². The first-order chi connectivity index (χ1) is 10.1. The zero-order valence-corrected chi connectivity index (χ0v) is 10.5. The standard InChI is InChI=1S/C13H9F2N5O/c14-7-3-9(15)12(10(16)4-7)19-13(21)8-5-18-20-2-1-17-6-11(8)20/h1-6H,16H2,(H,19,21). The van der Waals surface area contributed by atoms with Gasteiger partial charge < -0.3 is 11.1 Å². The number of nitrogens with one attached hydrogen (secondary N) is 1. The molecular formula is C13H9F2N5O. The molecule has 0 radical (unpaired) electrons. The fourth-order valence-electron chi connectivity index (χ4n) is 1.92. The number of anilines is 2. The lowest BCUT2D eigenvalue weighted by Gasteiger charge is -2.08. The van der Waals surface area contributed by atoms with E-state index >= 15 is 0 Å². The van der Waals surface area contributed by atoms with Gasteiger partial charge in [0.05, 0.1) is 29.2 Å². The Morgan fingerprint density at radius 3 is 2.86 bits per heavy atom. The molecule has 3 N–H and O–H groups in total. The molecule has 21 heavy (non-hydrogen) atoms. The van der Waals surface area contributed by atoms with E-state index < -0.39 is 17.5 Å². The minimum Gasteiger partial charge on any atom is -0.397 e. The quantitative estimate of drug-likeness (QED) is 0.705. The highest BCUT2D eigenvalue weighted by Crippen LogP contribution is 2.24. The average molecular weight is 289 g/mol. The number of nitrogens with two attached hydrogens (primary N) is 1. The topological polar surface area (TPSA) is 85.3 Å². The largest absolute Gasteiger partial charge is 0.397 e. The van der Waals surface area contributed by atoms with E-state index in [1.807, 2.05) is 0 Å². The van der Waals surface area contributed by atoms with Crippen molar-refractivity contribution in [3.05, 3.63) is 54.1 Å². The van der Waals surface area contributed by atoms with Crippen LogP contribution >= 0.6 is 0 Å². The normalized spacial score (nSPS) is 10.8. The van der Waals surface area contributed by atoms with E-state index in [9.17, 15) is 13.6 Å². The molecule has 0 spiro atoms. The molecule has 1 amide bonds. The molecule has 0 fully saturated rings. The summed E-state index contributed by atoms with van der Waals surface area (Å²) >= 11 is 0. The van der Waals surface area contributed by atoms with Crippen LogP contribution in [-0.4, -0.2) is 20.5 Å². The first-order valence-corrected chi connectivity index (χ1v) is 5.89. The van der Waals surface area contributed by atoms with Gasteiger partial charge in [-0.2, -0.15) is 5.10 Å². The highest BCUT2D eigenvalue weighted by molar-refractivity contribution is 6.09. The fraction of sp³-hybridized carbons (Fsp3) is 0. The Bertz CT molecular complexity index is 822. The lowest BCUT2D eigenvalue weighted by molar-refractivity contribution is 0.102. The zero-order chi connectivity index (χ0) is 15.0. The van der Waals surface area contributed by atoms with Crippen molar-refractivity contribution in [1.82, 2.24) is 14.6 Å². The van der Waals surface area contributed by atoms with Gasteiger partial charge in [0, 0.05) is 18.5 Å². The van der Waals surface area contributed by atoms with Crippen molar-refractivity contribution in [1.29, 1.82) is 0 Å². The maximum atomic E-state index is 13.7. The molecule has 6 nitrogen and oxygen atoms in total. The molecule has 0 atom stereocenters. The highest BCUT2D eigenvalue weighted by atomic mass is 19.1. The van der Waals surface area contributed by atoms with Crippen LogP contribution in [0.2, 0.25) is 0 Å². The van der Waals surface area contributed by atoms with Crippen molar-refractivity contribution in [3.8, 4) is 0 Å². The van der Waals surface area contributed by atoms with Gasteiger partial charge in [-0.3, -0.25) is 9.78 Å². The van der Waals surface area contributed by atoms with E-state index in [4.69, 9.17) is 5.73 Å². The summed E-state index contributed by atoms with van der Waals surface area (Å²) < 4.78 is 28.1. The number of fused-ring (bicyclic) bond motifs is 1. The van der Waals surface area contributed by atoms with E-state index in [1.54, 1.807) is 6.20 Å². The summed E-state index contributed by atoms with van der Waals surface area (Å²) in [4.78, 5) is 16.1. The van der Waals surface area contributed by atoms with Gasteiger partial charge in [0.2, 0.25) is 0 Å². The first-order valence-electron chi connectivity index (χ1n) is 5.89. The second kappa shape index (κ2) is 4.82. The van der Waals surface area contributed by atoms with Crippen molar-refractivity contribution in [2.45, 2.75) is 0 Å². The van der Waals surface area contributed by atoms with E-state index in [0.717, 1.165) is 6.07 Å². The molecule has 3 aromatic rings. The Hall–Kier alpha value is -3.03. The monoisotopic (exact) mass is 289 g/mol. The predicted molar refractivity (Wildman–Crippen MR) is 71.7 cm³/mol. The van der Waals surface area contributed by atoms with Crippen molar-refractivity contribution < 1.29 is 13.6 Å². The van der Waals surface area contributed by atoms with E-state index in [0.29, 0.717) is 11.6 Å². The summed E-state index contributed by atoms with van der Waals surface area (Å²) in [5.41, 5.74) is 5.69. The Labute approximate surface area is 117 Å². The van der Waals surface area contributed by atoms with Gasteiger partial charge in [-0.1, -0.05) is 0 Å². The molecular weight excluding hydrogens is 280 g/mol. The number of hydrogen-bond donors (Lipinski definition) is 2. The van der Waals surface area contributed by atoms with Gasteiger partial charge in [-0.15, -0.1) is 0 Å². The molecule has 8 heteroatoms. The third kappa shape index (κ3) is 2.27. The zero-order valence-electron chi connectivity index (χ0n) is 10.5. The SMILES string of the molecule is Nc1cc(F)cc(F)c1NC(=O)c1cnn2ccncc12. The number of carbonyl (C=O) groups excluding carboxylic acids is 1. The predicted octanol–water partition coefficient (Wildman–Crippen LogP) is 1.84. The van der Waals surface area contributed by atoms with E-state index in [-0.39, 0.29) is 16.9 Å². The molecule has 3 rings (SSSR count). The van der Waals surface area contributed by atoms with Crippen LogP contribution in [0.4, 0.5) is 20.2 Å². The molecule has 2 heterocycles. The summed E-state index contributed by atoms with van der Waals surface area (Å²) in [5, 5.41) is 6.28. The molecule has 0 bridgehead atoms. The number of rotatable bonds is 2. The summed E-state index contributed by atoms with van der Waals surface area (Å²) in [6.45, 7) is 0. The second-order valence-corrected chi connectivity index (χ2v) is 4.27. The lowest BCUT2D eigenvalue weighted by Crippen LogP contribution is -2.14. The summed E-state index contributed by atoms with van der Waals surface area (Å²) in [5.74, 6) is -2.38. The number of halogens is 2. The minimum absolute atomic E-state index is 0.199. The van der Waals surface area contributed by atoms with Gasteiger partial charge in [-0.25, -0.2) is 13.3 Å². The summed E-state index contributed by atoms with van der Waals surface area (Å²) in [7, 11) is 0. The number of carbonyl (C=O) groups is 1. The van der Waals surface area contributed by atoms with Crippen LogP contribution in [0.15, 0.2) is 36.9 Å². The van der Waals surface area contributed by atoms with Crippen LogP contribution in [0.1, 0.15) is 10.4 Å². The van der Waals surface area contributed by atoms with Crippen LogP contribution < -0.4 is 11.1 Å². The Morgan fingerprint density at radius 2 is 2.10 bits per heavy atom. The Balaban J connectivity index is 1.97. The number of benzene rings is 1. The Morgan fingerprint density at radius 1 is 1.29 bits per heavy atom. The molecule has 0 unspecified atom stereocenters. The molecule has 2 aromatic heterocycles. The number of aromatic nitrogens is 3. The molecule has 106 valence electrons. The molecule has 1 aromatic carbocycles. The number of nitrogen functional groups attached to an aromatic ring is 1. The maximum absolute atomic E-state index is 13.7. The van der Waals surface area contributed by atoms with Crippen molar-refractivity contribution in [3.63, 3.8) is 0 Å². The third-order valence-corrected chi connectivity index (χ3v) is 2.89. The highest BCUT2D eigenvalue weighted by Gasteiger charge is 2.17. The molecule has 0 aliphatic heterocycles. The van der Waals surface area contributed by atoms with Crippen LogP contribution in [0.3, 0.4) is 0 Å². The van der Waals surface area contributed by atoms with Crippen molar-refractivity contribution >= 4 is 22.8 Å². The molecule has 0 saturated heterocycles. The van der Waals surface area contributed by atoms with Crippen molar-refractivity contribution in [2.24, 2.45) is 0 Å². The molecule has 0 aliphatic carbocycles. The minimum atomic E-state index is -0.949.